The van der Waals surface area contributed by atoms with Gasteiger partial charge in [-0.25, -0.2) is 4.90 Å². The normalized spacial score (nSPS) is 24.3. The number of allylic oxidation sites excluding steroid dienone is 2. The highest BCUT2D eigenvalue weighted by Gasteiger charge is 2.55. The maximum absolute atomic E-state index is 14.0. The Morgan fingerprint density at radius 3 is 1.58 bits per heavy atom. The van der Waals surface area contributed by atoms with E-state index >= 15 is 0 Å². The molecule has 1 fully saturated rings. The molecule has 1 aliphatic carbocycles. The van der Waals surface area contributed by atoms with Gasteiger partial charge in [0.25, 0.3) is 0 Å². The number of carbonyl (C=O) groups excluding carboxylic acids is 2. The van der Waals surface area contributed by atoms with Crippen LogP contribution in [0.25, 0.3) is 10.8 Å². The Bertz CT molecular complexity index is 1300. The second-order valence-electron chi connectivity index (χ2n) is 8.82. The fourth-order valence-electron chi connectivity index (χ4n) is 5.57. The first-order valence-electron chi connectivity index (χ1n) is 11.4. The maximum atomic E-state index is 14.0. The van der Waals surface area contributed by atoms with Crippen LogP contribution in [0.5, 0.6) is 0 Å². The van der Waals surface area contributed by atoms with Gasteiger partial charge in [-0.05, 0) is 22.6 Å². The van der Waals surface area contributed by atoms with Crippen molar-refractivity contribution in [3.63, 3.8) is 0 Å². The van der Waals surface area contributed by atoms with Crippen LogP contribution in [-0.2, 0) is 9.59 Å². The van der Waals surface area contributed by atoms with Crippen molar-refractivity contribution in [2.75, 3.05) is 4.90 Å². The molecule has 0 N–H and O–H groups in total. The Morgan fingerprint density at radius 1 is 0.515 bits per heavy atom. The molecule has 4 aromatic carbocycles. The summed E-state index contributed by atoms with van der Waals surface area (Å²) in [5, 5.41) is 1.93. The molecular formula is C30H23NO2. The van der Waals surface area contributed by atoms with E-state index in [2.05, 4.69) is 12.2 Å². The van der Waals surface area contributed by atoms with Crippen LogP contribution in [0.15, 0.2) is 115 Å². The van der Waals surface area contributed by atoms with Crippen LogP contribution in [0, 0.1) is 11.8 Å². The fourth-order valence-corrected chi connectivity index (χ4v) is 5.57. The van der Waals surface area contributed by atoms with Crippen molar-refractivity contribution in [1.82, 2.24) is 0 Å². The number of hydrogen-bond donors (Lipinski definition) is 0. The lowest BCUT2D eigenvalue weighted by Gasteiger charge is -2.32. The molecule has 6 rings (SSSR count). The van der Waals surface area contributed by atoms with Gasteiger partial charge in [0.05, 0.1) is 17.5 Å². The number of fused-ring (bicyclic) bond motifs is 2. The van der Waals surface area contributed by atoms with Crippen molar-refractivity contribution in [3.8, 4) is 0 Å². The quantitative estimate of drug-likeness (QED) is 0.292. The molecular weight excluding hydrogens is 406 g/mol. The first kappa shape index (κ1) is 19.7. The predicted octanol–water partition coefficient (Wildman–Crippen LogP) is 6.08. The molecule has 33 heavy (non-hydrogen) atoms. The van der Waals surface area contributed by atoms with E-state index in [1.54, 1.807) is 0 Å². The molecule has 4 atom stereocenters. The average Bonchev–Trinajstić information content (AvgIpc) is 3.14. The molecule has 3 heteroatoms. The van der Waals surface area contributed by atoms with Crippen molar-refractivity contribution in [2.45, 2.75) is 11.8 Å². The molecule has 3 nitrogen and oxygen atoms in total. The molecule has 1 saturated heterocycles. The second-order valence-corrected chi connectivity index (χ2v) is 8.82. The molecule has 0 spiro atoms. The predicted molar refractivity (Wildman–Crippen MR) is 131 cm³/mol. The van der Waals surface area contributed by atoms with Gasteiger partial charge in [0.1, 0.15) is 0 Å². The maximum Gasteiger partial charge on any atom is 0.238 e. The van der Waals surface area contributed by atoms with Crippen LogP contribution in [0.3, 0.4) is 0 Å². The zero-order valence-corrected chi connectivity index (χ0v) is 18.0. The van der Waals surface area contributed by atoms with Crippen LogP contribution in [0.2, 0.25) is 0 Å². The van der Waals surface area contributed by atoms with Crippen LogP contribution < -0.4 is 4.90 Å². The van der Waals surface area contributed by atoms with E-state index < -0.39 is 11.8 Å². The molecule has 0 radical (unpaired) electrons. The minimum atomic E-state index is -0.436. The van der Waals surface area contributed by atoms with Crippen molar-refractivity contribution in [1.29, 1.82) is 0 Å². The molecule has 2 amide bonds. The highest BCUT2D eigenvalue weighted by Crippen LogP contribution is 2.50. The van der Waals surface area contributed by atoms with Gasteiger partial charge in [0, 0.05) is 17.2 Å². The minimum absolute atomic E-state index is 0.111. The fraction of sp³-hybridized carbons (Fsp3) is 0.133. The van der Waals surface area contributed by atoms with E-state index in [1.165, 1.54) is 4.90 Å². The number of carbonyl (C=O) groups is 2. The Hall–Kier alpha value is -3.98. The third-order valence-corrected chi connectivity index (χ3v) is 7.07. The van der Waals surface area contributed by atoms with Gasteiger partial charge in [-0.3, -0.25) is 9.59 Å². The first-order chi connectivity index (χ1) is 16.2. The SMILES string of the molecule is O=C1[C@H]2[C@H](C(=O)N1c1cccc3ccccc13)[C@H](c1ccccc1)C=C[C@@H]2c1ccccc1. The van der Waals surface area contributed by atoms with Gasteiger partial charge >= 0.3 is 0 Å². The summed E-state index contributed by atoms with van der Waals surface area (Å²) in [5.74, 6) is -1.36. The van der Waals surface area contributed by atoms with Gasteiger partial charge in [-0.2, -0.15) is 0 Å². The Morgan fingerprint density at radius 2 is 1.00 bits per heavy atom. The second kappa shape index (κ2) is 7.86. The lowest BCUT2D eigenvalue weighted by molar-refractivity contribution is -0.122. The number of hydrogen-bond acceptors (Lipinski definition) is 2. The number of nitrogens with zero attached hydrogens (tertiary/aromatic N) is 1. The van der Waals surface area contributed by atoms with Gasteiger partial charge in [-0.15, -0.1) is 0 Å². The highest BCUT2D eigenvalue weighted by molar-refractivity contribution is 6.25. The number of imide groups is 1. The molecule has 0 bridgehead atoms. The summed E-state index contributed by atoms with van der Waals surface area (Å²) in [6.45, 7) is 0. The Labute approximate surface area is 193 Å². The van der Waals surface area contributed by atoms with Crippen LogP contribution >= 0.6 is 0 Å². The van der Waals surface area contributed by atoms with E-state index in [0.717, 1.165) is 21.9 Å². The van der Waals surface area contributed by atoms with Crippen LogP contribution in [0.4, 0.5) is 5.69 Å². The highest BCUT2D eigenvalue weighted by atomic mass is 16.2. The van der Waals surface area contributed by atoms with Crippen molar-refractivity contribution < 1.29 is 9.59 Å². The third kappa shape index (κ3) is 3.12. The number of anilines is 1. The van der Waals surface area contributed by atoms with Gasteiger partial charge in [-0.1, -0.05) is 109 Å². The molecule has 0 aromatic heterocycles. The lowest BCUT2D eigenvalue weighted by atomic mass is 9.68. The third-order valence-electron chi connectivity index (χ3n) is 7.07. The Kier molecular flexibility index (Phi) is 4.69. The Balaban J connectivity index is 1.52. The largest absolute Gasteiger partial charge is 0.274 e. The molecule has 0 saturated carbocycles. The van der Waals surface area contributed by atoms with Crippen LogP contribution in [0.1, 0.15) is 23.0 Å². The first-order valence-corrected chi connectivity index (χ1v) is 11.4. The topological polar surface area (TPSA) is 37.4 Å². The standard InChI is InChI=1S/C30H23NO2/c32-29-27-24(21-10-3-1-4-11-21)18-19-25(22-12-5-2-6-13-22)28(27)30(33)31(29)26-17-9-15-20-14-7-8-16-23(20)26/h1-19,24-25,27-28H/t24-,25+,27-,28-/m1/s1. The zero-order chi connectivity index (χ0) is 22.4. The molecule has 2 aliphatic rings. The molecule has 160 valence electrons. The number of benzene rings is 4. The molecule has 1 aliphatic heterocycles. The van der Waals surface area contributed by atoms with Crippen molar-refractivity contribution >= 4 is 28.3 Å². The number of amides is 2. The summed E-state index contributed by atoms with van der Waals surface area (Å²) in [5.41, 5.74) is 2.81. The van der Waals surface area contributed by atoms with E-state index in [-0.39, 0.29) is 23.7 Å². The zero-order valence-electron chi connectivity index (χ0n) is 18.0. The van der Waals surface area contributed by atoms with E-state index in [9.17, 15) is 9.59 Å². The van der Waals surface area contributed by atoms with Crippen molar-refractivity contribution in [2.24, 2.45) is 11.8 Å². The number of rotatable bonds is 3. The molecule has 0 unspecified atom stereocenters. The van der Waals surface area contributed by atoms with Crippen molar-refractivity contribution in [3.05, 3.63) is 126 Å². The molecule has 4 aromatic rings. The molecule has 1 heterocycles. The van der Waals surface area contributed by atoms with E-state index in [0.29, 0.717) is 5.69 Å². The minimum Gasteiger partial charge on any atom is -0.274 e. The summed E-state index contributed by atoms with van der Waals surface area (Å²) >= 11 is 0. The average molecular weight is 430 g/mol. The monoisotopic (exact) mass is 429 g/mol. The van der Waals surface area contributed by atoms with Crippen LogP contribution in [-0.4, -0.2) is 11.8 Å². The summed E-state index contributed by atoms with van der Waals surface area (Å²) in [6, 6.07) is 33.8. The van der Waals surface area contributed by atoms with Gasteiger partial charge in [0.15, 0.2) is 0 Å². The van der Waals surface area contributed by atoms with Gasteiger partial charge in [0.2, 0.25) is 11.8 Å². The summed E-state index contributed by atoms with van der Waals surface area (Å²) < 4.78 is 0. The summed E-state index contributed by atoms with van der Waals surface area (Å²) in [6.07, 6.45) is 4.26. The smallest absolute Gasteiger partial charge is 0.238 e. The van der Waals surface area contributed by atoms with Gasteiger partial charge < -0.3 is 0 Å². The van der Waals surface area contributed by atoms with E-state index in [4.69, 9.17) is 0 Å². The summed E-state index contributed by atoms with van der Waals surface area (Å²) in [7, 11) is 0. The summed E-state index contributed by atoms with van der Waals surface area (Å²) in [4.78, 5) is 29.5. The van der Waals surface area contributed by atoms with E-state index in [1.807, 2.05) is 103 Å². The lowest BCUT2D eigenvalue weighted by Crippen LogP contribution is -2.31.